The number of hydrogen-bond acceptors (Lipinski definition) is 6. The summed E-state index contributed by atoms with van der Waals surface area (Å²) in [5.74, 6) is -0.229. The SMILES string of the molecule is Cc1cnc(CC2(C#N)CCS(=O)(=O)C2)c(C)c1[N+](=O)[O-]. The van der Waals surface area contributed by atoms with Gasteiger partial charge in [-0.3, -0.25) is 15.1 Å². The quantitative estimate of drug-likeness (QED) is 0.617. The third-order valence-electron chi connectivity index (χ3n) is 3.89. The molecule has 7 nitrogen and oxygen atoms in total. The topological polar surface area (TPSA) is 114 Å². The molecular weight excluding hydrogens is 294 g/mol. The van der Waals surface area contributed by atoms with Gasteiger partial charge in [0.1, 0.15) is 0 Å². The van der Waals surface area contributed by atoms with E-state index in [0.717, 1.165) is 0 Å². The molecule has 0 spiro atoms. The largest absolute Gasteiger partial charge is 0.278 e. The Morgan fingerprint density at radius 1 is 1.52 bits per heavy atom. The van der Waals surface area contributed by atoms with Crippen LogP contribution in [0.1, 0.15) is 23.2 Å². The van der Waals surface area contributed by atoms with Crippen molar-refractivity contribution in [2.75, 3.05) is 11.5 Å². The molecule has 21 heavy (non-hydrogen) atoms. The molecule has 2 rings (SSSR count). The lowest BCUT2D eigenvalue weighted by molar-refractivity contribution is -0.386. The van der Waals surface area contributed by atoms with Crippen LogP contribution >= 0.6 is 0 Å². The van der Waals surface area contributed by atoms with Gasteiger partial charge in [0.2, 0.25) is 0 Å². The summed E-state index contributed by atoms with van der Waals surface area (Å²) in [7, 11) is -3.22. The van der Waals surface area contributed by atoms with E-state index in [9.17, 15) is 23.8 Å². The maximum atomic E-state index is 11.6. The van der Waals surface area contributed by atoms with Crippen molar-refractivity contribution in [3.05, 3.63) is 33.1 Å². The molecule has 0 aromatic carbocycles. The van der Waals surface area contributed by atoms with Crippen LogP contribution in [0.5, 0.6) is 0 Å². The fourth-order valence-electron chi connectivity index (χ4n) is 2.73. The average molecular weight is 309 g/mol. The average Bonchev–Trinajstić information content (AvgIpc) is 2.69. The Labute approximate surface area is 122 Å². The van der Waals surface area contributed by atoms with Gasteiger partial charge in [0, 0.05) is 23.7 Å². The molecule has 112 valence electrons. The van der Waals surface area contributed by atoms with Gasteiger partial charge < -0.3 is 0 Å². The lowest BCUT2D eigenvalue weighted by Crippen LogP contribution is -2.24. The van der Waals surface area contributed by atoms with Gasteiger partial charge >= 0.3 is 0 Å². The van der Waals surface area contributed by atoms with E-state index in [2.05, 4.69) is 11.1 Å². The summed E-state index contributed by atoms with van der Waals surface area (Å²) in [4.78, 5) is 14.8. The molecule has 1 aromatic heterocycles. The summed E-state index contributed by atoms with van der Waals surface area (Å²) < 4.78 is 23.3. The Bertz CT molecular complexity index is 751. The zero-order valence-corrected chi connectivity index (χ0v) is 12.6. The van der Waals surface area contributed by atoms with Crippen LogP contribution in [0.2, 0.25) is 0 Å². The van der Waals surface area contributed by atoms with Gasteiger partial charge in [-0.05, 0) is 20.3 Å². The van der Waals surface area contributed by atoms with E-state index in [-0.39, 0.29) is 30.0 Å². The van der Waals surface area contributed by atoms with E-state index >= 15 is 0 Å². The number of aryl methyl sites for hydroxylation is 1. The summed E-state index contributed by atoms with van der Waals surface area (Å²) >= 11 is 0. The van der Waals surface area contributed by atoms with Crippen molar-refractivity contribution in [1.29, 1.82) is 5.26 Å². The van der Waals surface area contributed by atoms with E-state index in [1.807, 2.05) is 0 Å². The van der Waals surface area contributed by atoms with Crippen molar-refractivity contribution in [1.82, 2.24) is 4.98 Å². The molecule has 0 aliphatic carbocycles. The first kappa shape index (κ1) is 15.4. The Hall–Kier alpha value is -2.01. The Morgan fingerprint density at radius 3 is 2.67 bits per heavy atom. The van der Waals surface area contributed by atoms with Crippen molar-refractivity contribution < 1.29 is 13.3 Å². The maximum absolute atomic E-state index is 11.6. The van der Waals surface area contributed by atoms with Gasteiger partial charge in [-0.2, -0.15) is 5.26 Å². The van der Waals surface area contributed by atoms with Crippen molar-refractivity contribution in [2.24, 2.45) is 5.41 Å². The summed E-state index contributed by atoms with van der Waals surface area (Å²) in [5.41, 5.74) is 0.227. The lowest BCUT2D eigenvalue weighted by Gasteiger charge is -2.19. The third-order valence-corrected chi connectivity index (χ3v) is 5.71. The summed E-state index contributed by atoms with van der Waals surface area (Å²) in [6.45, 7) is 3.18. The minimum absolute atomic E-state index is 0.0195. The first-order chi connectivity index (χ1) is 9.70. The minimum Gasteiger partial charge on any atom is -0.260 e. The number of nitrogens with zero attached hydrogens (tertiary/aromatic N) is 3. The molecule has 1 unspecified atom stereocenters. The summed E-state index contributed by atoms with van der Waals surface area (Å²) in [5, 5.41) is 20.5. The molecular formula is C13H15N3O4S. The maximum Gasteiger partial charge on any atom is 0.278 e. The van der Waals surface area contributed by atoms with E-state index in [1.54, 1.807) is 13.8 Å². The highest BCUT2D eigenvalue weighted by Crippen LogP contribution is 2.36. The van der Waals surface area contributed by atoms with E-state index in [0.29, 0.717) is 16.8 Å². The van der Waals surface area contributed by atoms with Crippen molar-refractivity contribution >= 4 is 15.5 Å². The smallest absolute Gasteiger partial charge is 0.260 e. The van der Waals surface area contributed by atoms with Crippen LogP contribution < -0.4 is 0 Å². The molecule has 0 amide bonds. The van der Waals surface area contributed by atoms with Crippen LogP contribution in [0.4, 0.5) is 5.69 Å². The third kappa shape index (κ3) is 2.88. The molecule has 1 saturated heterocycles. The number of sulfone groups is 1. The highest BCUT2D eigenvalue weighted by molar-refractivity contribution is 7.91. The summed E-state index contributed by atoms with van der Waals surface area (Å²) in [6, 6.07) is 2.08. The Morgan fingerprint density at radius 2 is 2.19 bits per heavy atom. The first-order valence-electron chi connectivity index (χ1n) is 6.41. The molecule has 1 aliphatic rings. The van der Waals surface area contributed by atoms with E-state index < -0.39 is 20.2 Å². The summed E-state index contributed by atoms with van der Waals surface area (Å²) in [6.07, 6.45) is 1.76. The van der Waals surface area contributed by atoms with Crippen molar-refractivity contribution in [2.45, 2.75) is 26.7 Å². The highest BCUT2D eigenvalue weighted by atomic mass is 32.2. The number of nitriles is 1. The van der Waals surface area contributed by atoms with Gasteiger partial charge in [-0.15, -0.1) is 0 Å². The molecule has 0 N–H and O–H groups in total. The van der Waals surface area contributed by atoms with Gasteiger partial charge in [-0.1, -0.05) is 0 Å². The van der Waals surface area contributed by atoms with Gasteiger partial charge in [-0.25, -0.2) is 8.42 Å². The second-order valence-electron chi connectivity index (χ2n) is 5.53. The van der Waals surface area contributed by atoms with E-state index in [4.69, 9.17) is 0 Å². The normalized spacial score (nSPS) is 23.7. The van der Waals surface area contributed by atoms with Gasteiger partial charge in [0.15, 0.2) is 9.84 Å². The number of pyridine rings is 1. The zero-order valence-electron chi connectivity index (χ0n) is 11.8. The highest BCUT2D eigenvalue weighted by Gasteiger charge is 2.43. The molecule has 0 bridgehead atoms. The molecule has 0 saturated carbocycles. The van der Waals surface area contributed by atoms with Gasteiger partial charge in [0.05, 0.1) is 33.6 Å². The standard InChI is InChI=1S/C13H15N3O4S/c1-9-6-15-11(10(2)12(9)16(17)18)5-13(7-14)3-4-21(19,20)8-13/h6H,3-5,8H2,1-2H3. The first-order valence-corrected chi connectivity index (χ1v) is 8.23. The molecule has 1 fully saturated rings. The second-order valence-corrected chi connectivity index (χ2v) is 7.71. The van der Waals surface area contributed by atoms with Crippen LogP contribution in [-0.4, -0.2) is 29.8 Å². The van der Waals surface area contributed by atoms with E-state index in [1.165, 1.54) is 6.20 Å². The monoisotopic (exact) mass is 309 g/mol. The number of aromatic nitrogens is 1. The zero-order chi connectivity index (χ0) is 15.8. The molecule has 2 heterocycles. The van der Waals surface area contributed by atoms with Gasteiger partial charge in [0.25, 0.3) is 5.69 Å². The molecule has 1 aromatic rings. The number of hydrogen-bond donors (Lipinski definition) is 0. The predicted octanol–water partition coefficient (Wildman–Crippen LogP) is 1.48. The van der Waals surface area contributed by atoms with Crippen LogP contribution in [0.25, 0.3) is 0 Å². The lowest BCUT2D eigenvalue weighted by atomic mass is 9.83. The Kier molecular flexibility index (Phi) is 3.72. The molecule has 8 heteroatoms. The fourth-order valence-corrected chi connectivity index (χ4v) is 4.73. The fraction of sp³-hybridized carbons (Fsp3) is 0.538. The van der Waals surface area contributed by atoms with Crippen LogP contribution in [0.3, 0.4) is 0 Å². The minimum atomic E-state index is -3.22. The molecule has 0 radical (unpaired) electrons. The van der Waals surface area contributed by atoms with Crippen LogP contribution in [0.15, 0.2) is 6.20 Å². The molecule has 1 aliphatic heterocycles. The Balaban J connectivity index is 2.43. The van der Waals surface area contributed by atoms with Crippen LogP contribution in [0, 0.1) is 40.7 Å². The number of nitro groups is 1. The predicted molar refractivity (Wildman–Crippen MR) is 75.4 cm³/mol. The second kappa shape index (κ2) is 5.07. The number of rotatable bonds is 3. The molecule has 1 atom stereocenters. The van der Waals surface area contributed by atoms with Crippen LogP contribution in [-0.2, 0) is 16.3 Å². The van der Waals surface area contributed by atoms with Crippen molar-refractivity contribution in [3.8, 4) is 6.07 Å². The van der Waals surface area contributed by atoms with Crippen molar-refractivity contribution in [3.63, 3.8) is 0 Å².